The number of fused-ring (bicyclic) bond motifs is 3. The van der Waals surface area contributed by atoms with Crippen LogP contribution < -0.4 is 5.32 Å². The van der Waals surface area contributed by atoms with Crippen LogP contribution in [-0.2, 0) is 4.79 Å². The minimum Gasteiger partial charge on any atom is -0.387 e. The molecule has 2 N–H and O–H groups in total. The van der Waals surface area contributed by atoms with Gasteiger partial charge >= 0.3 is 0 Å². The maximum absolute atomic E-state index is 14.9. The Morgan fingerprint density at radius 3 is 2.68 bits per heavy atom. The van der Waals surface area contributed by atoms with Gasteiger partial charge in [-0.25, -0.2) is 4.39 Å². The minimum absolute atomic E-state index is 0.0186. The van der Waals surface area contributed by atoms with Gasteiger partial charge in [-0.1, -0.05) is 0 Å². The van der Waals surface area contributed by atoms with Crippen LogP contribution in [0.2, 0.25) is 0 Å². The van der Waals surface area contributed by atoms with Crippen LogP contribution in [0.15, 0.2) is 0 Å². The molecule has 1 aliphatic carbocycles. The number of piperidine rings is 1. The van der Waals surface area contributed by atoms with Gasteiger partial charge in [-0.15, -0.1) is 11.6 Å². The van der Waals surface area contributed by atoms with E-state index in [1.807, 2.05) is 0 Å². The Bertz CT molecular complexity index is 519. The van der Waals surface area contributed by atoms with Gasteiger partial charge in [0.05, 0.1) is 5.38 Å². The topological polar surface area (TPSA) is 55.8 Å². The number of nitrogens with one attached hydrogen (secondary N) is 1. The second-order valence-electron chi connectivity index (χ2n) is 8.23. The summed E-state index contributed by atoms with van der Waals surface area (Å²) in [4.78, 5) is 16.4. The number of carbonyl (C=O) groups is 1. The summed E-state index contributed by atoms with van der Waals surface area (Å²) in [6.07, 6.45) is 2.87. The molecule has 7 heteroatoms. The molecule has 5 nitrogen and oxygen atoms in total. The fourth-order valence-electron chi connectivity index (χ4n) is 6.05. The molecule has 0 bridgehead atoms. The molecule has 0 aromatic rings. The Morgan fingerprint density at radius 2 is 2.00 bits per heavy atom. The molecule has 1 amide bonds. The second kappa shape index (κ2) is 6.95. The molecule has 0 spiro atoms. The molecule has 8 atom stereocenters. The van der Waals surface area contributed by atoms with Gasteiger partial charge in [-0.3, -0.25) is 9.69 Å². The van der Waals surface area contributed by atoms with E-state index in [1.165, 1.54) is 12.8 Å². The molecule has 3 aliphatic heterocycles. The van der Waals surface area contributed by atoms with Crippen molar-refractivity contribution < 1.29 is 14.3 Å². The number of hydrogen-bond acceptors (Lipinski definition) is 4. The first-order chi connectivity index (χ1) is 12.0. The zero-order valence-electron chi connectivity index (χ0n) is 14.8. The van der Waals surface area contributed by atoms with E-state index in [0.717, 1.165) is 19.5 Å². The highest BCUT2D eigenvalue weighted by Crippen LogP contribution is 2.47. The van der Waals surface area contributed by atoms with E-state index in [4.69, 9.17) is 11.6 Å². The van der Waals surface area contributed by atoms with Crippen molar-refractivity contribution in [1.29, 1.82) is 0 Å². The molecule has 4 rings (SSSR count). The van der Waals surface area contributed by atoms with Gasteiger partial charge in [-0.2, -0.15) is 0 Å². The number of aliphatic hydroxyl groups is 1. The molecule has 0 aromatic carbocycles. The number of halogens is 2. The Kier molecular flexibility index (Phi) is 4.99. The third kappa shape index (κ3) is 2.89. The molecule has 4 fully saturated rings. The van der Waals surface area contributed by atoms with E-state index >= 15 is 0 Å². The monoisotopic (exact) mass is 373 g/mol. The lowest BCUT2D eigenvalue weighted by Gasteiger charge is -2.48. The molecule has 4 aliphatic rings. The van der Waals surface area contributed by atoms with Crippen LogP contribution in [0.25, 0.3) is 0 Å². The third-order valence-corrected chi connectivity index (χ3v) is 7.54. The number of amides is 1. The van der Waals surface area contributed by atoms with E-state index in [-0.39, 0.29) is 41.9 Å². The van der Waals surface area contributed by atoms with Crippen LogP contribution in [0, 0.1) is 11.8 Å². The fourth-order valence-corrected chi connectivity index (χ4v) is 6.39. The van der Waals surface area contributed by atoms with Crippen LogP contribution >= 0.6 is 11.6 Å². The molecular formula is C18H29ClFN3O2. The lowest BCUT2D eigenvalue weighted by atomic mass is 9.69. The van der Waals surface area contributed by atoms with Crippen molar-refractivity contribution >= 4 is 17.5 Å². The average molecular weight is 374 g/mol. The molecule has 3 saturated heterocycles. The highest BCUT2D eigenvalue weighted by molar-refractivity contribution is 6.21. The summed E-state index contributed by atoms with van der Waals surface area (Å²) >= 11 is 6.40. The van der Waals surface area contributed by atoms with Crippen molar-refractivity contribution in [3.63, 3.8) is 0 Å². The van der Waals surface area contributed by atoms with Crippen LogP contribution in [0.4, 0.5) is 4.39 Å². The van der Waals surface area contributed by atoms with Gasteiger partial charge < -0.3 is 15.3 Å². The largest absolute Gasteiger partial charge is 0.387 e. The first-order valence-electron chi connectivity index (χ1n) is 9.71. The quantitative estimate of drug-likeness (QED) is 0.709. The van der Waals surface area contributed by atoms with Gasteiger partial charge in [0.25, 0.3) is 0 Å². The smallest absolute Gasteiger partial charge is 0.248 e. The van der Waals surface area contributed by atoms with Gasteiger partial charge in [0.15, 0.2) is 0 Å². The third-order valence-electron chi connectivity index (χ3n) is 7.12. The minimum atomic E-state index is -1.04. The Hall–Kier alpha value is -0.430. The van der Waals surface area contributed by atoms with E-state index < -0.39 is 18.2 Å². The number of carbonyl (C=O) groups excluding carboxylic acids is 1. The highest BCUT2D eigenvalue weighted by Gasteiger charge is 2.58. The maximum atomic E-state index is 14.9. The summed E-state index contributed by atoms with van der Waals surface area (Å²) in [5, 5.41) is 12.4. The Balaban J connectivity index is 1.63. The van der Waals surface area contributed by atoms with Crippen LogP contribution in [0.3, 0.4) is 0 Å². The van der Waals surface area contributed by atoms with Crippen molar-refractivity contribution in [1.82, 2.24) is 15.1 Å². The Morgan fingerprint density at radius 1 is 1.28 bits per heavy atom. The zero-order chi connectivity index (χ0) is 17.7. The molecule has 0 aromatic heterocycles. The number of hydrogen-bond donors (Lipinski definition) is 2. The lowest BCUT2D eigenvalue weighted by Crippen LogP contribution is -2.59. The van der Waals surface area contributed by atoms with Crippen LogP contribution in [0.1, 0.15) is 32.6 Å². The van der Waals surface area contributed by atoms with Crippen molar-refractivity contribution in [3.05, 3.63) is 0 Å². The highest BCUT2D eigenvalue weighted by atomic mass is 35.5. The standard InChI is InChI=1S/C18H29ClFN3O2/c1-10-15-12(4-7-23(10)14(25)9-24)21-18-16(15)13(8-11(19)17(18)20)22-5-2-3-6-22/h10-13,15-18,21,24H,2-9H2,1H3/t10-,11?,12?,13?,15?,16?,17?,18?/m0/s1. The van der Waals surface area contributed by atoms with E-state index in [9.17, 15) is 14.3 Å². The first kappa shape index (κ1) is 18.0. The maximum Gasteiger partial charge on any atom is 0.248 e. The normalized spacial score (nSPS) is 47.6. The summed E-state index contributed by atoms with van der Waals surface area (Å²) in [5.41, 5.74) is 0. The molecule has 1 saturated carbocycles. The zero-order valence-corrected chi connectivity index (χ0v) is 15.5. The predicted octanol–water partition coefficient (Wildman–Crippen LogP) is 0.986. The van der Waals surface area contributed by atoms with Crippen LogP contribution in [0.5, 0.6) is 0 Å². The van der Waals surface area contributed by atoms with Gasteiger partial charge in [-0.05, 0) is 51.6 Å². The summed E-state index contributed by atoms with van der Waals surface area (Å²) in [6, 6.07) is 0.322. The van der Waals surface area contributed by atoms with Gasteiger partial charge in [0.1, 0.15) is 12.8 Å². The van der Waals surface area contributed by atoms with Gasteiger partial charge in [0, 0.05) is 36.6 Å². The second-order valence-corrected chi connectivity index (χ2v) is 8.80. The van der Waals surface area contributed by atoms with Crippen LogP contribution in [-0.4, -0.2) is 82.8 Å². The number of nitrogens with zero attached hydrogens (tertiary/aromatic N) is 2. The number of aliphatic hydroxyl groups excluding tert-OH is 1. The molecular weight excluding hydrogens is 345 g/mol. The van der Waals surface area contributed by atoms with Crippen molar-refractivity contribution in [2.24, 2.45) is 11.8 Å². The molecule has 7 unspecified atom stereocenters. The SMILES string of the molecule is C[C@H]1C2C(CCN1C(=O)CO)NC1C(F)C(Cl)CC(N3CCCC3)C12. The molecule has 3 heterocycles. The summed E-state index contributed by atoms with van der Waals surface area (Å²) < 4.78 is 14.9. The molecule has 142 valence electrons. The van der Waals surface area contributed by atoms with E-state index in [1.54, 1.807) is 4.90 Å². The summed E-state index contributed by atoms with van der Waals surface area (Å²) in [7, 11) is 0. The molecule has 25 heavy (non-hydrogen) atoms. The lowest BCUT2D eigenvalue weighted by molar-refractivity contribution is -0.140. The summed E-state index contributed by atoms with van der Waals surface area (Å²) in [5.74, 6) is 0.189. The van der Waals surface area contributed by atoms with Crippen molar-refractivity contribution in [2.75, 3.05) is 26.2 Å². The summed E-state index contributed by atoms with van der Waals surface area (Å²) in [6.45, 7) is 4.38. The first-order valence-corrected chi connectivity index (χ1v) is 10.1. The molecule has 0 radical (unpaired) electrons. The van der Waals surface area contributed by atoms with E-state index in [0.29, 0.717) is 13.0 Å². The van der Waals surface area contributed by atoms with E-state index in [2.05, 4.69) is 17.1 Å². The number of rotatable bonds is 2. The fraction of sp³-hybridized carbons (Fsp3) is 0.944. The number of alkyl halides is 2. The van der Waals surface area contributed by atoms with Gasteiger partial charge in [0.2, 0.25) is 5.91 Å². The average Bonchev–Trinajstić information content (AvgIpc) is 3.26. The Labute approximate surface area is 153 Å². The van der Waals surface area contributed by atoms with Crippen molar-refractivity contribution in [3.8, 4) is 0 Å². The van der Waals surface area contributed by atoms with Crippen molar-refractivity contribution in [2.45, 2.75) is 68.3 Å². The predicted molar refractivity (Wildman–Crippen MR) is 94.3 cm³/mol. The number of likely N-dealkylation sites (tertiary alicyclic amines) is 2.